The molecule has 0 aromatic heterocycles. The Morgan fingerprint density at radius 2 is 2.00 bits per heavy atom. The third kappa shape index (κ3) is 3.23. The van der Waals surface area contributed by atoms with Gasteiger partial charge in [0.1, 0.15) is 5.75 Å². The highest BCUT2D eigenvalue weighted by atomic mass is 16.3. The molecule has 2 aliphatic carbocycles. The fourth-order valence-electron chi connectivity index (χ4n) is 3.70. The van der Waals surface area contributed by atoms with Gasteiger partial charge in [0, 0.05) is 12.6 Å². The van der Waals surface area contributed by atoms with Gasteiger partial charge < -0.3 is 20.6 Å². The van der Waals surface area contributed by atoms with Crippen molar-refractivity contribution in [3.05, 3.63) is 29.3 Å². The molecule has 1 aromatic carbocycles. The first-order valence-corrected chi connectivity index (χ1v) is 8.01. The number of benzene rings is 1. The number of aliphatic hydroxyl groups excluding tert-OH is 1. The maximum Gasteiger partial charge on any atom is 0.115 e. The summed E-state index contributed by atoms with van der Waals surface area (Å²) in [7, 11) is 0. The van der Waals surface area contributed by atoms with E-state index in [1.165, 1.54) is 11.1 Å². The van der Waals surface area contributed by atoms with Gasteiger partial charge in [0.2, 0.25) is 0 Å². The Kier molecular flexibility index (Phi) is 4.20. The highest BCUT2D eigenvalue weighted by molar-refractivity contribution is 5.37. The van der Waals surface area contributed by atoms with Crippen molar-refractivity contribution < 1.29 is 15.3 Å². The summed E-state index contributed by atoms with van der Waals surface area (Å²) >= 11 is 0. The maximum atomic E-state index is 10.4. The average Bonchev–Trinajstić information content (AvgIpc) is 2.93. The van der Waals surface area contributed by atoms with E-state index in [9.17, 15) is 15.3 Å². The van der Waals surface area contributed by atoms with E-state index in [0.29, 0.717) is 31.2 Å². The van der Waals surface area contributed by atoms with Gasteiger partial charge in [-0.3, -0.25) is 0 Å². The van der Waals surface area contributed by atoms with E-state index in [2.05, 4.69) is 5.32 Å². The molecule has 116 valence electrons. The van der Waals surface area contributed by atoms with E-state index in [-0.39, 0.29) is 0 Å². The number of hydrogen-bond donors (Lipinski definition) is 4. The van der Waals surface area contributed by atoms with Crippen LogP contribution in [0, 0.1) is 0 Å². The molecular weight excluding hydrogens is 266 g/mol. The second-order valence-corrected chi connectivity index (χ2v) is 6.63. The summed E-state index contributed by atoms with van der Waals surface area (Å²) in [5.41, 5.74) is 1.61. The van der Waals surface area contributed by atoms with Crippen LogP contribution in [0.2, 0.25) is 0 Å². The minimum absolute atomic E-state index is 0.332. The molecule has 4 N–H and O–H groups in total. The van der Waals surface area contributed by atoms with Crippen LogP contribution < -0.4 is 5.32 Å². The lowest BCUT2D eigenvalue weighted by atomic mass is 9.87. The van der Waals surface area contributed by atoms with Gasteiger partial charge in [-0.1, -0.05) is 18.9 Å². The van der Waals surface area contributed by atoms with Crippen LogP contribution in [0.1, 0.15) is 43.2 Å². The lowest BCUT2D eigenvalue weighted by Gasteiger charge is -2.32. The molecule has 0 radical (unpaired) electrons. The van der Waals surface area contributed by atoms with Gasteiger partial charge in [0.15, 0.2) is 0 Å². The van der Waals surface area contributed by atoms with Crippen molar-refractivity contribution in [3.8, 4) is 5.75 Å². The summed E-state index contributed by atoms with van der Waals surface area (Å²) in [5.74, 6) is 0.332. The maximum absolute atomic E-state index is 10.4. The molecule has 2 atom stereocenters. The Morgan fingerprint density at radius 3 is 2.76 bits per heavy atom. The number of aryl methyl sites for hydroxylation is 1. The van der Waals surface area contributed by atoms with E-state index < -0.39 is 11.7 Å². The monoisotopic (exact) mass is 291 g/mol. The summed E-state index contributed by atoms with van der Waals surface area (Å²) in [6, 6.07) is 5.90. The zero-order valence-electron chi connectivity index (χ0n) is 12.4. The molecule has 1 saturated carbocycles. The van der Waals surface area contributed by atoms with Gasteiger partial charge in [-0.2, -0.15) is 0 Å². The van der Waals surface area contributed by atoms with Crippen molar-refractivity contribution in [1.82, 2.24) is 5.32 Å². The third-order valence-electron chi connectivity index (χ3n) is 5.11. The fraction of sp³-hybridized carbons (Fsp3) is 0.647. The summed E-state index contributed by atoms with van der Waals surface area (Å²) in [6.07, 6.45) is 5.62. The predicted octanol–water partition coefficient (Wildman–Crippen LogP) is 1.51. The van der Waals surface area contributed by atoms with Crippen molar-refractivity contribution in [3.63, 3.8) is 0 Å². The second kappa shape index (κ2) is 5.95. The zero-order valence-corrected chi connectivity index (χ0v) is 12.4. The quantitative estimate of drug-likeness (QED) is 0.678. The summed E-state index contributed by atoms with van der Waals surface area (Å²) in [4.78, 5) is 0. The van der Waals surface area contributed by atoms with Gasteiger partial charge in [0.05, 0.1) is 11.7 Å². The van der Waals surface area contributed by atoms with Gasteiger partial charge in [-0.25, -0.2) is 0 Å². The molecule has 0 spiro atoms. The Morgan fingerprint density at radius 1 is 1.24 bits per heavy atom. The van der Waals surface area contributed by atoms with E-state index in [1.54, 1.807) is 6.07 Å². The predicted molar refractivity (Wildman–Crippen MR) is 81.3 cm³/mol. The van der Waals surface area contributed by atoms with Crippen LogP contribution in [-0.2, 0) is 12.8 Å². The number of phenols is 1. The first-order chi connectivity index (χ1) is 10.1. The average molecular weight is 291 g/mol. The minimum atomic E-state index is -0.884. The van der Waals surface area contributed by atoms with Crippen molar-refractivity contribution in [1.29, 1.82) is 0 Å². The largest absolute Gasteiger partial charge is 0.508 e. The smallest absolute Gasteiger partial charge is 0.115 e. The molecule has 1 aromatic rings. The number of aliphatic hydroxyl groups is 2. The third-order valence-corrected chi connectivity index (χ3v) is 5.11. The number of nitrogens with one attached hydrogen (secondary N) is 1. The molecular formula is C17H25NO3. The first-order valence-electron chi connectivity index (χ1n) is 8.01. The molecule has 2 aliphatic rings. The number of phenolic OH excluding ortho intramolecular Hbond substituents is 1. The molecule has 0 saturated heterocycles. The fourth-order valence-corrected chi connectivity index (χ4v) is 3.70. The first kappa shape index (κ1) is 14.8. The SMILES string of the molecule is Oc1ccc2c(c1)CCC(NCC(O)C1(O)CCCC1)C2. The van der Waals surface area contributed by atoms with Crippen LogP contribution in [0.15, 0.2) is 18.2 Å². The standard InChI is InChI=1S/C17H25NO3/c19-15-6-4-12-9-14(5-3-13(12)10-15)18-11-16(20)17(21)7-1-2-8-17/h4,6,10,14,16,18-21H,1-3,5,7-9,11H2. The normalized spacial score (nSPS) is 25.5. The number of rotatable bonds is 4. The molecule has 2 unspecified atom stereocenters. The molecule has 0 heterocycles. The Labute approximate surface area is 125 Å². The van der Waals surface area contributed by atoms with Crippen molar-refractivity contribution >= 4 is 0 Å². The van der Waals surface area contributed by atoms with Crippen LogP contribution in [0.5, 0.6) is 5.75 Å². The highest BCUT2D eigenvalue weighted by Gasteiger charge is 2.38. The topological polar surface area (TPSA) is 72.7 Å². The zero-order chi connectivity index (χ0) is 14.9. The van der Waals surface area contributed by atoms with Gasteiger partial charge in [0.25, 0.3) is 0 Å². The van der Waals surface area contributed by atoms with Gasteiger partial charge >= 0.3 is 0 Å². The lowest BCUT2D eigenvalue weighted by Crippen LogP contribution is -2.48. The number of aromatic hydroxyl groups is 1. The van der Waals surface area contributed by atoms with Gasteiger partial charge in [-0.05, 0) is 55.4 Å². The molecule has 0 bridgehead atoms. The summed E-state index contributed by atoms with van der Waals surface area (Å²) in [5, 5.41) is 33.5. The van der Waals surface area contributed by atoms with E-state index >= 15 is 0 Å². The van der Waals surface area contributed by atoms with Crippen molar-refractivity contribution in [2.75, 3.05) is 6.54 Å². The Hall–Kier alpha value is -1.10. The molecule has 3 rings (SSSR count). The van der Waals surface area contributed by atoms with Gasteiger partial charge in [-0.15, -0.1) is 0 Å². The summed E-state index contributed by atoms with van der Waals surface area (Å²) < 4.78 is 0. The molecule has 1 fully saturated rings. The molecule has 0 amide bonds. The number of hydrogen-bond acceptors (Lipinski definition) is 4. The number of fused-ring (bicyclic) bond motifs is 1. The van der Waals surface area contributed by atoms with Crippen LogP contribution in [0.4, 0.5) is 0 Å². The lowest BCUT2D eigenvalue weighted by molar-refractivity contribution is -0.0690. The van der Waals surface area contributed by atoms with Crippen molar-refractivity contribution in [2.24, 2.45) is 0 Å². The molecule has 4 nitrogen and oxygen atoms in total. The highest BCUT2D eigenvalue weighted by Crippen LogP contribution is 2.32. The van der Waals surface area contributed by atoms with Crippen LogP contribution in [0.3, 0.4) is 0 Å². The van der Waals surface area contributed by atoms with Crippen LogP contribution >= 0.6 is 0 Å². The molecule has 21 heavy (non-hydrogen) atoms. The van der Waals surface area contributed by atoms with E-state index in [1.807, 2.05) is 12.1 Å². The van der Waals surface area contributed by atoms with Crippen LogP contribution in [0.25, 0.3) is 0 Å². The molecule has 0 aliphatic heterocycles. The minimum Gasteiger partial charge on any atom is -0.508 e. The Bertz CT molecular complexity index is 497. The second-order valence-electron chi connectivity index (χ2n) is 6.63. The van der Waals surface area contributed by atoms with E-state index in [4.69, 9.17) is 0 Å². The van der Waals surface area contributed by atoms with Crippen LogP contribution in [-0.4, -0.2) is 39.6 Å². The Balaban J connectivity index is 1.54. The van der Waals surface area contributed by atoms with Crippen molar-refractivity contribution in [2.45, 2.75) is 62.7 Å². The van der Waals surface area contributed by atoms with E-state index in [0.717, 1.165) is 32.1 Å². The summed E-state index contributed by atoms with van der Waals surface area (Å²) in [6.45, 7) is 0.453. The molecule has 4 heteroatoms.